The van der Waals surface area contributed by atoms with Crippen molar-refractivity contribution in [3.63, 3.8) is 0 Å². The Bertz CT molecular complexity index is 768. The van der Waals surface area contributed by atoms with E-state index < -0.39 is 30.5 Å². The minimum atomic E-state index is -0.769. The Hall–Kier alpha value is -2.83. The van der Waals surface area contributed by atoms with Crippen molar-refractivity contribution >= 4 is 28.7 Å². The zero-order valence-electron chi connectivity index (χ0n) is 14.5. The smallest absolute Gasteiger partial charge is 0.340 e. The third-order valence-electron chi connectivity index (χ3n) is 4.13. The van der Waals surface area contributed by atoms with Crippen LogP contribution < -0.4 is 5.32 Å². The van der Waals surface area contributed by atoms with Crippen molar-refractivity contribution in [1.82, 2.24) is 10.3 Å². The van der Waals surface area contributed by atoms with Gasteiger partial charge in [0, 0.05) is 17.1 Å². The Morgan fingerprint density at radius 1 is 1.24 bits per heavy atom. The van der Waals surface area contributed by atoms with Crippen LogP contribution in [0.1, 0.15) is 30.6 Å². The number of nitrogens with one attached hydrogen (secondary N) is 2. The van der Waals surface area contributed by atoms with Gasteiger partial charge < -0.3 is 19.8 Å². The summed E-state index contributed by atoms with van der Waals surface area (Å²) in [6.45, 7) is 3.27. The van der Waals surface area contributed by atoms with Crippen molar-refractivity contribution in [2.75, 3.05) is 13.7 Å². The molecule has 2 rings (SSSR count). The van der Waals surface area contributed by atoms with Crippen LogP contribution in [-0.4, -0.2) is 42.6 Å². The number of benzene rings is 1. The molecular weight excluding hydrogens is 324 g/mol. The maximum absolute atomic E-state index is 12.2. The molecule has 7 nitrogen and oxygen atoms in total. The Labute approximate surface area is 145 Å². The first-order valence-corrected chi connectivity index (χ1v) is 8.08. The van der Waals surface area contributed by atoms with Crippen LogP contribution in [0, 0.1) is 5.92 Å². The van der Waals surface area contributed by atoms with Crippen molar-refractivity contribution in [1.29, 1.82) is 0 Å². The van der Waals surface area contributed by atoms with Crippen LogP contribution in [0.25, 0.3) is 10.9 Å². The van der Waals surface area contributed by atoms with Crippen molar-refractivity contribution in [3.05, 3.63) is 36.0 Å². The first-order chi connectivity index (χ1) is 12.0. The molecule has 2 N–H and O–H groups in total. The highest BCUT2D eigenvalue weighted by atomic mass is 16.5. The second-order valence-electron chi connectivity index (χ2n) is 5.78. The van der Waals surface area contributed by atoms with E-state index in [1.807, 2.05) is 32.0 Å². The maximum Gasteiger partial charge on any atom is 0.340 e. The fraction of sp³-hybridized carbons (Fsp3) is 0.389. The number of carbonyl (C=O) groups is 3. The SMILES string of the molecule is CC[C@H](C)[C@H](NC(=O)COC(=O)c1c[nH]c2ccccc12)C(=O)OC. The van der Waals surface area contributed by atoms with Crippen LogP contribution in [0.4, 0.5) is 0 Å². The van der Waals surface area contributed by atoms with E-state index in [9.17, 15) is 14.4 Å². The van der Waals surface area contributed by atoms with Gasteiger partial charge in [0.15, 0.2) is 6.61 Å². The van der Waals surface area contributed by atoms with Gasteiger partial charge in [0.05, 0.1) is 12.7 Å². The molecule has 0 saturated carbocycles. The van der Waals surface area contributed by atoms with Gasteiger partial charge in [-0.3, -0.25) is 4.79 Å². The summed E-state index contributed by atoms with van der Waals surface area (Å²) < 4.78 is 9.76. The van der Waals surface area contributed by atoms with E-state index in [-0.39, 0.29) is 5.92 Å². The van der Waals surface area contributed by atoms with Gasteiger partial charge in [-0.1, -0.05) is 38.5 Å². The van der Waals surface area contributed by atoms with E-state index >= 15 is 0 Å². The zero-order chi connectivity index (χ0) is 18.4. The van der Waals surface area contributed by atoms with Gasteiger partial charge in [0.1, 0.15) is 6.04 Å². The summed E-state index contributed by atoms with van der Waals surface area (Å²) in [7, 11) is 1.26. The van der Waals surface area contributed by atoms with Crippen LogP contribution in [0.2, 0.25) is 0 Å². The van der Waals surface area contributed by atoms with E-state index in [1.165, 1.54) is 7.11 Å². The summed E-state index contributed by atoms with van der Waals surface area (Å²) in [5.74, 6) is -1.78. The minimum Gasteiger partial charge on any atom is -0.467 e. The molecule has 0 spiro atoms. The molecule has 1 amide bonds. The molecule has 2 aromatic rings. The van der Waals surface area contributed by atoms with Crippen molar-refractivity contribution in [2.24, 2.45) is 5.92 Å². The van der Waals surface area contributed by atoms with Crippen LogP contribution >= 0.6 is 0 Å². The molecule has 0 radical (unpaired) electrons. The van der Waals surface area contributed by atoms with Crippen molar-refractivity contribution in [2.45, 2.75) is 26.3 Å². The van der Waals surface area contributed by atoms with Gasteiger partial charge in [-0.15, -0.1) is 0 Å². The van der Waals surface area contributed by atoms with Gasteiger partial charge in [-0.25, -0.2) is 9.59 Å². The highest BCUT2D eigenvalue weighted by Gasteiger charge is 2.27. The summed E-state index contributed by atoms with van der Waals surface area (Å²) in [5, 5.41) is 3.28. The first kappa shape index (κ1) is 18.5. The monoisotopic (exact) mass is 346 g/mol. The van der Waals surface area contributed by atoms with Crippen molar-refractivity contribution < 1.29 is 23.9 Å². The predicted octanol–water partition coefficient (Wildman–Crippen LogP) is 2.03. The number of aromatic amines is 1. The molecule has 2 atom stereocenters. The summed E-state index contributed by atoms with van der Waals surface area (Å²) >= 11 is 0. The van der Waals surface area contributed by atoms with Gasteiger partial charge in [0.2, 0.25) is 0 Å². The van der Waals surface area contributed by atoms with Gasteiger partial charge in [-0.05, 0) is 12.0 Å². The number of para-hydroxylation sites is 1. The maximum atomic E-state index is 12.2. The summed E-state index contributed by atoms with van der Waals surface area (Å²) in [6.07, 6.45) is 2.23. The fourth-order valence-electron chi connectivity index (χ4n) is 2.46. The van der Waals surface area contributed by atoms with Crippen LogP contribution in [0.5, 0.6) is 0 Å². The number of rotatable bonds is 7. The second kappa shape index (κ2) is 8.32. The molecule has 0 fully saturated rings. The number of carbonyl (C=O) groups excluding carboxylic acids is 3. The van der Waals surface area contributed by atoms with E-state index in [0.29, 0.717) is 12.0 Å². The number of ether oxygens (including phenoxy) is 2. The Morgan fingerprint density at radius 2 is 1.96 bits per heavy atom. The number of fused-ring (bicyclic) bond motifs is 1. The molecule has 0 aliphatic rings. The number of aromatic nitrogens is 1. The third kappa shape index (κ3) is 4.37. The lowest BCUT2D eigenvalue weighted by Gasteiger charge is -2.21. The Morgan fingerprint density at radius 3 is 2.64 bits per heavy atom. The van der Waals surface area contributed by atoms with E-state index in [0.717, 1.165) is 10.9 Å². The molecule has 7 heteroatoms. The minimum absolute atomic E-state index is 0.0966. The normalized spacial score (nSPS) is 13.1. The molecule has 0 aliphatic carbocycles. The number of amides is 1. The lowest BCUT2D eigenvalue weighted by atomic mass is 9.99. The molecule has 25 heavy (non-hydrogen) atoms. The lowest BCUT2D eigenvalue weighted by molar-refractivity contribution is -0.147. The van der Waals surface area contributed by atoms with Gasteiger partial charge >= 0.3 is 11.9 Å². The quantitative estimate of drug-likeness (QED) is 0.748. The highest BCUT2D eigenvalue weighted by Crippen LogP contribution is 2.18. The lowest BCUT2D eigenvalue weighted by Crippen LogP contribution is -2.47. The highest BCUT2D eigenvalue weighted by molar-refractivity contribution is 6.04. The number of H-pyrrole nitrogens is 1. The van der Waals surface area contributed by atoms with E-state index in [2.05, 4.69) is 10.3 Å². The topological polar surface area (TPSA) is 97.5 Å². The van der Waals surface area contributed by atoms with Crippen LogP contribution in [0.15, 0.2) is 30.5 Å². The molecule has 0 unspecified atom stereocenters. The van der Waals surface area contributed by atoms with Crippen LogP contribution in [-0.2, 0) is 19.1 Å². The Balaban J connectivity index is 1.96. The first-order valence-electron chi connectivity index (χ1n) is 8.08. The van der Waals surface area contributed by atoms with E-state index in [1.54, 1.807) is 12.3 Å². The Kier molecular flexibility index (Phi) is 6.16. The third-order valence-corrected chi connectivity index (χ3v) is 4.13. The fourth-order valence-corrected chi connectivity index (χ4v) is 2.46. The molecule has 0 saturated heterocycles. The molecule has 0 bridgehead atoms. The standard InChI is InChI=1S/C18H22N2O5/c1-4-11(2)16(18(23)24-3)20-15(21)10-25-17(22)13-9-19-14-8-6-5-7-12(13)14/h5-9,11,16,19H,4,10H2,1-3H3,(H,20,21)/t11-,16-/m0/s1. The summed E-state index contributed by atoms with van der Waals surface area (Å²) in [6, 6.07) is 6.52. The van der Waals surface area contributed by atoms with E-state index in [4.69, 9.17) is 9.47 Å². The number of methoxy groups -OCH3 is 1. The number of hydrogen-bond acceptors (Lipinski definition) is 5. The molecule has 134 valence electrons. The largest absolute Gasteiger partial charge is 0.467 e. The molecule has 0 aliphatic heterocycles. The van der Waals surface area contributed by atoms with Crippen LogP contribution in [0.3, 0.4) is 0 Å². The zero-order valence-corrected chi connectivity index (χ0v) is 14.5. The number of hydrogen-bond donors (Lipinski definition) is 2. The average Bonchev–Trinajstić information content (AvgIpc) is 3.07. The van der Waals surface area contributed by atoms with Gasteiger partial charge in [0.25, 0.3) is 5.91 Å². The second-order valence-corrected chi connectivity index (χ2v) is 5.78. The predicted molar refractivity (Wildman–Crippen MR) is 92.0 cm³/mol. The summed E-state index contributed by atoms with van der Waals surface area (Å²) in [4.78, 5) is 38.9. The average molecular weight is 346 g/mol. The van der Waals surface area contributed by atoms with Crippen molar-refractivity contribution in [3.8, 4) is 0 Å². The summed E-state index contributed by atoms with van der Waals surface area (Å²) in [5.41, 5.74) is 1.16. The number of esters is 2. The molecule has 1 aromatic carbocycles. The van der Waals surface area contributed by atoms with Gasteiger partial charge in [-0.2, -0.15) is 0 Å². The molecule has 1 heterocycles. The molecule has 1 aromatic heterocycles. The molecular formula is C18H22N2O5.